The number of hydrogen-bond acceptors (Lipinski definition) is 2. The Hall–Kier alpha value is -0.583. The summed E-state index contributed by atoms with van der Waals surface area (Å²) < 4.78 is 22.9. The smallest absolute Gasteiger partial charge is 0.250 e. The van der Waals surface area contributed by atoms with Gasteiger partial charge in [-0.1, -0.05) is 46.6 Å². The van der Waals surface area contributed by atoms with E-state index in [-0.39, 0.29) is 16.4 Å². The van der Waals surface area contributed by atoms with Crippen LogP contribution in [0.15, 0.2) is 18.2 Å². The first-order valence-electron chi connectivity index (χ1n) is 14.0. The van der Waals surface area contributed by atoms with E-state index in [0.29, 0.717) is 30.1 Å². The molecule has 2 fully saturated rings. The van der Waals surface area contributed by atoms with Gasteiger partial charge in [0.25, 0.3) is 0 Å². The van der Waals surface area contributed by atoms with E-state index in [0.717, 1.165) is 50.7 Å². The Bertz CT molecular complexity index is 910. The summed E-state index contributed by atoms with van der Waals surface area (Å²) in [5, 5.41) is 11.4. The first-order chi connectivity index (χ1) is 16.2. The average molecular weight is 523 g/mol. The number of fused-ring (bicyclic) bond motifs is 5. The molecule has 1 N–H and O–H groups in total. The summed E-state index contributed by atoms with van der Waals surface area (Å²) in [4.78, 5) is 0. The Morgan fingerprint density at radius 1 is 1.17 bits per heavy atom. The van der Waals surface area contributed by atoms with Crippen molar-refractivity contribution in [2.75, 3.05) is 5.88 Å². The maximum atomic E-state index is 16.2. The van der Waals surface area contributed by atoms with E-state index in [1.807, 2.05) is 6.92 Å². The van der Waals surface area contributed by atoms with E-state index in [1.54, 1.807) is 0 Å². The van der Waals surface area contributed by atoms with Crippen LogP contribution < -0.4 is 4.43 Å². The Balaban J connectivity index is 1.69. The summed E-state index contributed by atoms with van der Waals surface area (Å²) >= 11 is 5.96. The minimum atomic E-state index is -1.94. The second-order valence-corrected chi connectivity index (χ2v) is 19.0. The highest BCUT2D eigenvalue weighted by molar-refractivity contribution is 6.74. The van der Waals surface area contributed by atoms with Gasteiger partial charge in [0.05, 0.1) is 5.60 Å². The van der Waals surface area contributed by atoms with E-state index in [9.17, 15) is 5.11 Å². The first-order valence-corrected chi connectivity index (χ1v) is 17.4. The van der Waals surface area contributed by atoms with Gasteiger partial charge < -0.3 is 9.53 Å². The molecule has 198 valence electrons. The molecule has 7 atom stereocenters. The summed E-state index contributed by atoms with van der Waals surface area (Å²) in [6.45, 7) is 15.5. The normalized spacial score (nSPS) is 36.9. The zero-order valence-corrected chi connectivity index (χ0v) is 24.9. The van der Waals surface area contributed by atoms with E-state index in [4.69, 9.17) is 16.0 Å². The molecule has 3 aliphatic rings. The summed E-state index contributed by atoms with van der Waals surface area (Å²) in [6.07, 6.45) is 6.79. The van der Waals surface area contributed by atoms with Gasteiger partial charge >= 0.3 is 0 Å². The van der Waals surface area contributed by atoms with Crippen LogP contribution in [-0.2, 0) is 6.42 Å². The predicted molar refractivity (Wildman–Crippen MR) is 148 cm³/mol. The van der Waals surface area contributed by atoms with Crippen molar-refractivity contribution in [1.29, 1.82) is 0 Å². The molecule has 0 spiro atoms. The van der Waals surface area contributed by atoms with E-state index >= 15 is 4.39 Å². The van der Waals surface area contributed by atoms with Crippen LogP contribution >= 0.6 is 11.6 Å². The average Bonchev–Trinajstić information content (AvgIpc) is 2.98. The maximum Gasteiger partial charge on any atom is 0.250 e. The fourth-order valence-corrected chi connectivity index (χ4v) is 8.67. The molecule has 0 amide bonds. The molecule has 3 aliphatic carbocycles. The first kappa shape index (κ1) is 27.5. The van der Waals surface area contributed by atoms with Crippen molar-refractivity contribution in [2.45, 2.75) is 122 Å². The molecule has 0 saturated heterocycles. The van der Waals surface area contributed by atoms with Gasteiger partial charge in [0, 0.05) is 17.2 Å². The van der Waals surface area contributed by atoms with Crippen molar-refractivity contribution in [3.63, 3.8) is 0 Å². The SMILES string of the molecule is CC(C)(C)[Si](C)(C)Oc1ccc2c(c1)CC(CCCCCCl)C1C2[C@@H](F)C[C@@]2(C)C1CC[C@@]2(C)O. The van der Waals surface area contributed by atoms with Crippen molar-refractivity contribution in [1.82, 2.24) is 0 Å². The highest BCUT2D eigenvalue weighted by Crippen LogP contribution is 2.66. The highest BCUT2D eigenvalue weighted by atomic mass is 35.5. The second kappa shape index (κ2) is 9.62. The number of hydrogen-bond donors (Lipinski definition) is 1. The van der Waals surface area contributed by atoms with Gasteiger partial charge in [-0.25, -0.2) is 4.39 Å². The summed E-state index contributed by atoms with van der Waals surface area (Å²) in [7, 11) is -1.94. The molecule has 1 aromatic rings. The topological polar surface area (TPSA) is 29.5 Å². The lowest BCUT2D eigenvalue weighted by Crippen LogP contribution is -2.55. The van der Waals surface area contributed by atoms with Crippen LogP contribution in [0.1, 0.15) is 96.6 Å². The van der Waals surface area contributed by atoms with Crippen LogP contribution in [-0.4, -0.2) is 31.1 Å². The predicted octanol–water partition coefficient (Wildman–Crippen LogP) is 8.65. The number of rotatable bonds is 7. The third-order valence-corrected chi connectivity index (χ3v) is 15.4. The van der Waals surface area contributed by atoms with E-state index in [1.165, 1.54) is 11.1 Å². The third-order valence-electron chi connectivity index (χ3n) is 10.8. The lowest BCUT2D eigenvalue weighted by molar-refractivity contribution is -0.120. The fraction of sp³-hybridized carbons (Fsp3) is 0.800. The van der Waals surface area contributed by atoms with Crippen LogP contribution in [0.5, 0.6) is 5.75 Å². The van der Waals surface area contributed by atoms with Gasteiger partial charge in [-0.15, -0.1) is 11.6 Å². The zero-order chi connectivity index (χ0) is 25.8. The summed E-state index contributed by atoms with van der Waals surface area (Å²) in [6, 6.07) is 6.52. The van der Waals surface area contributed by atoms with Crippen LogP contribution in [0.2, 0.25) is 18.1 Å². The van der Waals surface area contributed by atoms with Gasteiger partial charge in [-0.3, -0.25) is 0 Å². The molecule has 4 rings (SSSR count). The third kappa shape index (κ3) is 4.86. The minimum Gasteiger partial charge on any atom is -0.543 e. The molecule has 0 radical (unpaired) electrons. The van der Waals surface area contributed by atoms with Gasteiger partial charge in [-0.05, 0) is 105 Å². The molecule has 4 unspecified atom stereocenters. The maximum absolute atomic E-state index is 16.2. The molecule has 5 heteroatoms. The number of unbranched alkanes of at least 4 members (excludes halogenated alkanes) is 2. The Labute approximate surface area is 219 Å². The summed E-state index contributed by atoms with van der Waals surface area (Å²) in [5.41, 5.74) is 1.37. The van der Waals surface area contributed by atoms with Crippen molar-refractivity contribution >= 4 is 19.9 Å². The van der Waals surface area contributed by atoms with Gasteiger partial charge in [0.2, 0.25) is 8.32 Å². The molecule has 0 heterocycles. The molecule has 2 saturated carbocycles. The van der Waals surface area contributed by atoms with E-state index < -0.39 is 20.1 Å². The van der Waals surface area contributed by atoms with Crippen molar-refractivity contribution in [3.05, 3.63) is 29.3 Å². The van der Waals surface area contributed by atoms with Crippen molar-refractivity contribution < 1.29 is 13.9 Å². The van der Waals surface area contributed by atoms with Crippen LogP contribution in [0.3, 0.4) is 0 Å². The Morgan fingerprint density at radius 3 is 2.54 bits per heavy atom. The van der Waals surface area contributed by atoms with E-state index in [2.05, 4.69) is 59.0 Å². The van der Waals surface area contributed by atoms with Crippen LogP contribution in [0.4, 0.5) is 4.39 Å². The minimum absolute atomic E-state index is 0.0642. The number of halogens is 2. The molecule has 35 heavy (non-hydrogen) atoms. The summed E-state index contributed by atoms with van der Waals surface area (Å²) in [5.74, 6) is 2.73. The molecule has 1 aromatic carbocycles. The lowest BCUT2D eigenvalue weighted by atomic mass is 9.50. The van der Waals surface area contributed by atoms with Crippen molar-refractivity contribution in [3.8, 4) is 5.75 Å². The fourth-order valence-electron chi connectivity index (χ4n) is 7.46. The number of alkyl halides is 2. The number of aliphatic hydroxyl groups is 1. The molecule has 0 aliphatic heterocycles. The van der Waals surface area contributed by atoms with Gasteiger partial charge in [-0.2, -0.15) is 0 Å². The monoisotopic (exact) mass is 522 g/mol. The second-order valence-electron chi connectivity index (χ2n) is 13.9. The standard InChI is InChI=1S/C30H48ClFO2Si/c1-28(2,3)35(6,7)34-22-12-13-23-21(18-22)17-20(11-9-8-10-16-31)26-24-14-15-30(5,33)29(24,4)19-25(32)27(23)26/h12-13,18,20,24-27,33H,8-11,14-17,19H2,1-7H3/t20?,24?,25-,26?,27?,29-,30+/m0/s1. The lowest BCUT2D eigenvalue weighted by Gasteiger charge is -2.56. The molecular weight excluding hydrogens is 475 g/mol. The number of benzene rings is 1. The van der Waals surface area contributed by atoms with Crippen molar-refractivity contribution in [2.24, 2.45) is 23.2 Å². The molecular formula is C30H48ClFO2Si. The Morgan fingerprint density at radius 2 is 1.89 bits per heavy atom. The Kier molecular flexibility index (Phi) is 7.55. The van der Waals surface area contributed by atoms with Crippen LogP contribution in [0, 0.1) is 23.2 Å². The molecule has 0 bridgehead atoms. The largest absolute Gasteiger partial charge is 0.543 e. The molecule has 2 nitrogen and oxygen atoms in total. The quantitative estimate of drug-likeness (QED) is 0.220. The highest BCUT2D eigenvalue weighted by Gasteiger charge is 2.63. The van der Waals surface area contributed by atoms with Gasteiger partial charge in [0.15, 0.2) is 0 Å². The van der Waals surface area contributed by atoms with Crippen LogP contribution in [0.25, 0.3) is 0 Å². The zero-order valence-electron chi connectivity index (χ0n) is 23.1. The molecule has 0 aromatic heterocycles. The van der Waals surface area contributed by atoms with Gasteiger partial charge in [0.1, 0.15) is 11.9 Å².